The van der Waals surface area contributed by atoms with E-state index in [-0.39, 0.29) is 12.5 Å². The maximum Gasteiger partial charge on any atom is 0.338 e. The molecule has 1 saturated carbocycles. The summed E-state index contributed by atoms with van der Waals surface area (Å²) in [6, 6.07) is 8.97. The number of benzene rings is 1. The monoisotopic (exact) mass is 372 g/mol. The lowest BCUT2D eigenvalue weighted by Gasteiger charge is -2.38. The first-order valence-electron chi connectivity index (χ1n) is 9.60. The fourth-order valence-electron chi connectivity index (χ4n) is 3.23. The number of carbonyl (C=O) groups excluding carboxylic acids is 2. The molecule has 0 unspecified atom stereocenters. The quantitative estimate of drug-likeness (QED) is 0.513. The van der Waals surface area contributed by atoms with Gasteiger partial charge in [0, 0.05) is 7.05 Å². The molecule has 146 valence electrons. The molecule has 1 aliphatic carbocycles. The molecule has 1 aromatic carbocycles. The van der Waals surface area contributed by atoms with Crippen molar-refractivity contribution in [2.24, 2.45) is 0 Å². The highest BCUT2D eigenvalue weighted by Crippen LogP contribution is 2.32. The zero-order chi connectivity index (χ0) is 19.7. The van der Waals surface area contributed by atoms with Gasteiger partial charge in [-0.15, -0.1) is 0 Å². The summed E-state index contributed by atoms with van der Waals surface area (Å²) in [5.74, 6) is -0.220. The molecule has 27 heavy (non-hydrogen) atoms. The van der Waals surface area contributed by atoms with E-state index < -0.39 is 11.5 Å². The van der Waals surface area contributed by atoms with Crippen LogP contribution in [-0.4, -0.2) is 42.6 Å². The Kier molecular flexibility index (Phi) is 7.66. The predicted molar refractivity (Wildman–Crippen MR) is 101 cm³/mol. The van der Waals surface area contributed by atoms with Crippen molar-refractivity contribution in [3.8, 4) is 11.8 Å². The maximum atomic E-state index is 12.4. The smallest absolute Gasteiger partial charge is 0.338 e. The second kappa shape index (κ2) is 9.96. The van der Waals surface area contributed by atoms with E-state index in [1.165, 1.54) is 4.90 Å². The summed E-state index contributed by atoms with van der Waals surface area (Å²) in [7, 11) is 1.62. The van der Waals surface area contributed by atoms with Crippen molar-refractivity contribution >= 4 is 11.9 Å². The normalized spacial score (nSPS) is 15.4. The molecule has 0 bridgehead atoms. The average Bonchev–Trinajstić information content (AvgIpc) is 2.72. The summed E-state index contributed by atoms with van der Waals surface area (Å²) in [6.07, 6.45) is 6.30. The molecule has 1 aromatic rings. The Morgan fingerprint density at radius 3 is 2.44 bits per heavy atom. The summed E-state index contributed by atoms with van der Waals surface area (Å²) in [5.41, 5.74) is -0.417. The van der Waals surface area contributed by atoms with Crippen molar-refractivity contribution in [1.82, 2.24) is 4.90 Å². The van der Waals surface area contributed by atoms with Gasteiger partial charge in [-0.1, -0.05) is 32.6 Å². The van der Waals surface area contributed by atoms with E-state index in [1.54, 1.807) is 31.3 Å². The molecule has 0 saturated heterocycles. The molecule has 1 aliphatic rings. The Hall–Kier alpha value is -2.55. The van der Waals surface area contributed by atoms with Crippen molar-refractivity contribution < 1.29 is 19.1 Å². The fraction of sp³-hybridized carbons (Fsp3) is 0.571. The zero-order valence-electron chi connectivity index (χ0n) is 16.2. The van der Waals surface area contributed by atoms with Crippen molar-refractivity contribution in [3.63, 3.8) is 0 Å². The molecule has 6 nitrogen and oxygen atoms in total. The van der Waals surface area contributed by atoms with Crippen molar-refractivity contribution in [3.05, 3.63) is 29.8 Å². The lowest BCUT2D eigenvalue weighted by atomic mass is 9.81. The Balaban J connectivity index is 1.87. The SMILES string of the molecule is CCCCOc1ccc(C(=O)OCC(=O)N(C)C2(C#N)CCCCC2)cc1. The van der Waals surface area contributed by atoms with Crippen LogP contribution in [0.4, 0.5) is 0 Å². The van der Waals surface area contributed by atoms with Gasteiger partial charge in [0.25, 0.3) is 5.91 Å². The van der Waals surface area contributed by atoms with E-state index in [1.807, 2.05) is 0 Å². The van der Waals surface area contributed by atoms with Crippen LogP contribution in [0.3, 0.4) is 0 Å². The first-order valence-corrected chi connectivity index (χ1v) is 9.60. The third-order valence-electron chi connectivity index (χ3n) is 5.09. The van der Waals surface area contributed by atoms with Gasteiger partial charge >= 0.3 is 5.97 Å². The molecular formula is C21H28N2O4. The topological polar surface area (TPSA) is 79.6 Å². The van der Waals surface area contributed by atoms with Crippen molar-refractivity contribution in [1.29, 1.82) is 5.26 Å². The molecular weight excluding hydrogens is 344 g/mol. The highest BCUT2D eigenvalue weighted by Gasteiger charge is 2.39. The lowest BCUT2D eigenvalue weighted by molar-refractivity contribution is -0.138. The van der Waals surface area contributed by atoms with E-state index >= 15 is 0 Å². The third-order valence-corrected chi connectivity index (χ3v) is 5.09. The standard InChI is InChI=1S/C21H28N2O4/c1-3-4-14-26-18-10-8-17(9-11-18)20(25)27-15-19(24)23(2)21(16-22)12-6-5-7-13-21/h8-11H,3-7,12-15H2,1-2H3. The first kappa shape index (κ1) is 20.8. The van der Waals surface area contributed by atoms with Gasteiger partial charge in [-0.05, 0) is 43.5 Å². The minimum absolute atomic E-state index is 0.355. The van der Waals surface area contributed by atoms with Crippen LogP contribution < -0.4 is 4.74 Å². The van der Waals surface area contributed by atoms with Gasteiger partial charge in [0.1, 0.15) is 11.3 Å². The van der Waals surface area contributed by atoms with E-state index in [0.717, 1.165) is 32.1 Å². The van der Waals surface area contributed by atoms with Gasteiger partial charge in [-0.25, -0.2) is 4.79 Å². The summed E-state index contributed by atoms with van der Waals surface area (Å²) in [6.45, 7) is 2.36. The minimum Gasteiger partial charge on any atom is -0.494 e. The van der Waals surface area contributed by atoms with Crippen LogP contribution in [-0.2, 0) is 9.53 Å². The fourth-order valence-corrected chi connectivity index (χ4v) is 3.23. The Morgan fingerprint density at radius 1 is 1.19 bits per heavy atom. The van der Waals surface area contributed by atoms with Gasteiger partial charge < -0.3 is 14.4 Å². The van der Waals surface area contributed by atoms with Crippen molar-refractivity contribution in [2.45, 2.75) is 57.4 Å². The average molecular weight is 372 g/mol. The van der Waals surface area contributed by atoms with E-state index in [0.29, 0.717) is 30.8 Å². The second-order valence-electron chi connectivity index (χ2n) is 6.96. The number of nitrogens with zero attached hydrogens (tertiary/aromatic N) is 2. The van der Waals surface area contributed by atoms with Crippen LogP contribution in [0.15, 0.2) is 24.3 Å². The Labute approximate surface area is 161 Å². The number of carbonyl (C=O) groups is 2. The number of nitriles is 1. The summed E-state index contributed by atoms with van der Waals surface area (Å²) < 4.78 is 10.7. The van der Waals surface area contributed by atoms with Crippen LogP contribution in [0.1, 0.15) is 62.2 Å². The highest BCUT2D eigenvalue weighted by molar-refractivity contribution is 5.91. The summed E-state index contributed by atoms with van der Waals surface area (Å²) >= 11 is 0. The number of unbranched alkanes of at least 4 members (excludes halogenated alkanes) is 1. The second-order valence-corrected chi connectivity index (χ2v) is 6.96. The maximum absolute atomic E-state index is 12.4. The lowest BCUT2D eigenvalue weighted by Crippen LogP contribution is -2.51. The van der Waals surface area contributed by atoms with Gasteiger partial charge in [-0.2, -0.15) is 5.26 Å². The van der Waals surface area contributed by atoms with Crippen LogP contribution >= 0.6 is 0 Å². The van der Waals surface area contributed by atoms with E-state index in [9.17, 15) is 14.9 Å². The predicted octanol–water partition coefficient (Wildman–Crippen LogP) is 3.71. The molecule has 0 spiro atoms. The third kappa shape index (κ3) is 5.46. The largest absolute Gasteiger partial charge is 0.494 e. The number of likely N-dealkylation sites (N-methyl/N-ethyl adjacent to an activating group) is 1. The van der Waals surface area contributed by atoms with Crippen molar-refractivity contribution in [2.75, 3.05) is 20.3 Å². The molecule has 0 radical (unpaired) electrons. The number of amides is 1. The van der Waals surface area contributed by atoms with E-state index in [4.69, 9.17) is 9.47 Å². The number of hydrogen-bond acceptors (Lipinski definition) is 5. The molecule has 0 aromatic heterocycles. The zero-order valence-corrected chi connectivity index (χ0v) is 16.2. The number of ether oxygens (including phenoxy) is 2. The molecule has 6 heteroatoms. The Morgan fingerprint density at radius 2 is 1.85 bits per heavy atom. The van der Waals surface area contributed by atoms with Crippen LogP contribution in [0, 0.1) is 11.3 Å². The van der Waals surface area contributed by atoms with Gasteiger partial charge in [-0.3, -0.25) is 4.79 Å². The molecule has 0 N–H and O–H groups in total. The molecule has 1 amide bonds. The van der Waals surface area contributed by atoms with Crippen LogP contribution in [0.5, 0.6) is 5.75 Å². The molecule has 0 aliphatic heterocycles. The number of esters is 1. The van der Waals surface area contributed by atoms with Gasteiger partial charge in [0.15, 0.2) is 6.61 Å². The summed E-state index contributed by atoms with van der Waals surface area (Å²) in [4.78, 5) is 26.0. The molecule has 0 heterocycles. The molecule has 0 atom stereocenters. The number of hydrogen-bond donors (Lipinski definition) is 0. The first-order chi connectivity index (χ1) is 13.0. The number of rotatable bonds is 8. The molecule has 2 rings (SSSR count). The highest BCUT2D eigenvalue weighted by atomic mass is 16.5. The van der Waals surface area contributed by atoms with E-state index in [2.05, 4.69) is 13.0 Å². The van der Waals surface area contributed by atoms with Crippen LogP contribution in [0.2, 0.25) is 0 Å². The van der Waals surface area contributed by atoms with Gasteiger partial charge in [0.05, 0.1) is 18.2 Å². The van der Waals surface area contributed by atoms with Gasteiger partial charge in [0.2, 0.25) is 0 Å². The minimum atomic E-state index is -0.779. The summed E-state index contributed by atoms with van der Waals surface area (Å²) in [5, 5.41) is 9.56. The van der Waals surface area contributed by atoms with Crippen LogP contribution in [0.25, 0.3) is 0 Å². The Bertz CT molecular complexity index is 672. The molecule has 1 fully saturated rings.